The summed E-state index contributed by atoms with van der Waals surface area (Å²) in [6, 6.07) is 10.7. The van der Waals surface area contributed by atoms with Gasteiger partial charge in [0.1, 0.15) is 5.69 Å². The van der Waals surface area contributed by atoms with Gasteiger partial charge in [0.25, 0.3) is 5.91 Å². The summed E-state index contributed by atoms with van der Waals surface area (Å²) in [5.74, 6) is -2.36. The zero-order valence-corrected chi connectivity index (χ0v) is 11.2. The van der Waals surface area contributed by atoms with Crippen LogP contribution in [0.25, 0.3) is 10.9 Å². The highest BCUT2D eigenvalue weighted by Gasteiger charge is 2.11. The van der Waals surface area contributed by atoms with Crippen molar-refractivity contribution in [1.82, 2.24) is 4.98 Å². The summed E-state index contributed by atoms with van der Waals surface area (Å²) < 4.78 is 26.0. The first-order valence-corrected chi connectivity index (χ1v) is 6.39. The van der Waals surface area contributed by atoms with Crippen molar-refractivity contribution < 1.29 is 13.6 Å². The number of carbonyl (C=O) groups excluding carboxylic acids is 1. The van der Waals surface area contributed by atoms with Crippen LogP contribution in [0.5, 0.6) is 0 Å². The Kier molecular flexibility index (Phi) is 3.17. The molecule has 2 N–H and O–H groups in total. The number of fused-ring (bicyclic) bond motifs is 1. The van der Waals surface area contributed by atoms with Crippen molar-refractivity contribution in [3.05, 3.63) is 65.4 Å². The number of rotatable bonds is 2. The molecule has 0 aliphatic rings. The van der Waals surface area contributed by atoms with Gasteiger partial charge in [-0.05, 0) is 36.8 Å². The van der Waals surface area contributed by atoms with Crippen molar-refractivity contribution in [2.24, 2.45) is 0 Å². The van der Waals surface area contributed by atoms with E-state index in [1.54, 1.807) is 6.07 Å². The maximum Gasteiger partial charge on any atom is 0.272 e. The highest BCUT2D eigenvalue weighted by atomic mass is 19.2. The van der Waals surface area contributed by atoms with Crippen LogP contribution in [0.4, 0.5) is 14.5 Å². The highest BCUT2D eigenvalue weighted by molar-refractivity contribution is 6.05. The molecule has 3 nitrogen and oxygen atoms in total. The monoisotopic (exact) mass is 286 g/mol. The third-order valence-corrected chi connectivity index (χ3v) is 3.20. The average Bonchev–Trinajstić information content (AvgIpc) is 2.86. The fourth-order valence-electron chi connectivity index (χ4n) is 2.14. The van der Waals surface area contributed by atoms with Gasteiger partial charge in [-0.1, -0.05) is 12.1 Å². The number of aromatic nitrogens is 1. The predicted octanol–water partition coefficient (Wildman–Crippen LogP) is 4.01. The van der Waals surface area contributed by atoms with Crippen LogP contribution in [0, 0.1) is 18.6 Å². The second kappa shape index (κ2) is 5.01. The Labute approximate surface area is 119 Å². The number of hydrogen-bond donors (Lipinski definition) is 2. The minimum atomic E-state index is -1.000. The van der Waals surface area contributed by atoms with E-state index >= 15 is 0 Å². The number of aromatic amines is 1. The Balaban J connectivity index is 1.87. The lowest BCUT2D eigenvalue weighted by Gasteiger charge is -2.03. The Bertz CT molecular complexity index is 839. The van der Waals surface area contributed by atoms with Crippen molar-refractivity contribution in [1.29, 1.82) is 0 Å². The molecule has 1 amide bonds. The summed E-state index contributed by atoms with van der Waals surface area (Å²) in [7, 11) is 0. The number of H-pyrrole nitrogens is 1. The Morgan fingerprint density at radius 1 is 1.05 bits per heavy atom. The Hall–Kier alpha value is -2.69. The van der Waals surface area contributed by atoms with E-state index in [1.807, 2.05) is 25.1 Å². The van der Waals surface area contributed by atoms with Gasteiger partial charge in [0.15, 0.2) is 11.6 Å². The quantitative estimate of drug-likeness (QED) is 0.734. The summed E-state index contributed by atoms with van der Waals surface area (Å²) in [5.41, 5.74) is 2.50. The van der Waals surface area contributed by atoms with Gasteiger partial charge in [0.2, 0.25) is 0 Å². The molecule has 3 aromatic rings. The number of halogens is 2. The zero-order valence-electron chi connectivity index (χ0n) is 11.2. The van der Waals surface area contributed by atoms with Crippen molar-refractivity contribution >= 4 is 22.5 Å². The van der Waals surface area contributed by atoms with Crippen LogP contribution < -0.4 is 5.32 Å². The maximum atomic E-state index is 13.1. The van der Waals surface area contributed by atoms with E-state index in [-0.39, 0.29) is 5.69 Å². The minimum absolute atomic E-state index is 0.203. The molecule has 0 radical (unpaired) electrons. The number of nitrogens with one attached hydrogen (secondary N) is 2. The minimum Gasteiger partial charge on any atom is -0.351 e. The van der Waals surface area contributed by atoms with Crippen LogP contribution in [0.15, 0.2) is 42.5 Å². The molecule has 0 unspecified atom stereocenters. The topological polar surface area (TPSA) is 44.9 Å². The van der Waals surface area contributed by atoms with Crippen LogP contribution >= 0.6 is 0 Å². The second-order valence-corrected chi connectivity index (χ2v) is 4.86. The number of carbonyl (C=O) groups is 1. The largest absolute Gasteiger partial charge is 0.351 e. The van der Waals surface area contributed by atoms with Gasteiger partial charge >= 0.3 is 0 Å². The number of aryl methyl sites for hydroxylation is 1. The van der Waals surface area contributed by atoms with Gasteiger partial charge in [-0.2, -0.15) is 0 Å². The van der Waals surface area contributed by atoms with Gasteiger partial charge in [-0.25, -0.2) is 8.78 Å². The summed E-state index contributed by atoms with van der Waals surface area (Å²) in [6.45, 7) is 1.96. The molecule has 0 fully saturated rings. The second-order valence-electron chi connectivity index (χ2n) is 4.86. The smallest absolute Gasteiger partial charge is 0.272 e. The summed E-state index contributed by atoms with van der Waals surface area (Å²) in [5, 5.41) is 3.44. The fraction of sp³-hybridized carbons (Fsp3) is 0.0625. The molecule has 0 spiro atoms. The molecular weight excluding hydrogens is 274 g/mol. The van der Waals surface area contributed by atoms with E-state index in [0.29, 0.717) is 5.69 Å². The number of anilines is 1. The highest BCUT2D eigenvalue weighted by Crippen LogP contribution is 2.19. The summed E-state index contributed by atoms with van der Waals surface area (Å²) in [6.07, 6.45) is 0. The molecule has 2 aromatic carbocycles. The van der Waals surface area contributed by atoms with E-state index in [9.17, 15) is 13.6 Å². The molecule has 0 aliphatic carbocycles. The standard InChI is InChI=1S/C16H12F2N2O/c1-9-2-3-10-7-15(20-14(10)6-9)16(21)19-11-4-5-12(17)13(18)8-11/h2-8,20H,1H3,(H,19,21). The van der Waals surface area contributed by atoms with E-state index < -0.39 is 17.5 Å². The van der Waals surface area contributed by atoms with Gasteiger partial charge in [-0.3, -0.25) is 4.79 Å². The van der Waals surface area contributed by atoms with E-state index in [2.05, 4.69) is 10.3 Å². The van der Waals surface area contributed by atoms with Gasteiger partial charge in [0, 0.05) is 22.7 Å². The third kappa shape index (κ3) is 2.63. The Morgan fingerprint density at radius 3 is 2.62 bits per heavy atom. The third-order valence-electron chi connectivity index (χ3n) is 3.20. The molecule has 0 bridgehead atoms. The maximum absolute atomic E-state index is 13.1. The predicted molar refractivity (Wildman–Crippen MR) is 77.3 cm³/mol. The number of hydrogen-bond acceptors (Lipinski definition) is 1. The SMILES string of the molecule is Cc1ccc2cc(C(=O)Nc3ccc(F)c(F)c3)[nH]c2c1. The first-order chi connectivity index (χ1) is 10.0. The normalized spacial score (nSPS) is 10.8. The van der Waals surface area contributed by atoms with Crippen LogP contribution in [0.1, 0.15) is 16.1 Å². The van der Waals surface area contributed by atoms with Crippen LogP contribution in [0.2, 0.25) is 0 Å². The first kappa shape index (κ1) is 13.3. The Morgan fingerprint density at radius 2 is 1.86 bits per heavy atom. The van der Waals surface area contributed by atoms with Crippen LogP contribution in [-0.4, -0.2) is 10.9 Å². The molecule has 21 heavy (non-hydrogen) atoms. The molecule has 3 rings (SSSR count). The van der Waals surface area contributed by atoms with Crippen molar-refractivity contribution in [2.75, 3.05) is 5.32 Å². The molecule has 0 saturated heterocycles. The van der Waals surface area contributed by atoms with Crippen molar-refractivity contribution in [2.45, 2.75) is 6.92 Å². The van der Waals surface area contributed by atoms with Crippen LogP contribution in [-0.2, 0) is 0 Å². The summed E-state index contributed by atoms with van der Waals surface area (Å²) >= 11 is 0. The first-order valence-electron chi connectivity index (χ1n) is 6.39. The van der Waals surface area contributed by atoms with E-state index in [4.69, 9.17) is 0 Å². The van der Waals surface area contributed by atoms with Crippen molar-refractivity contribution in [3.63, 3.8) is 0 Å². The number of benzene rings is 2. The molecule has 0 atom stereocenters. The van der Waals surface area contributed by atoms with Gasteiger partial charge in [0.05, 0.1) is 0 Å². The molecule has 5 heteroatoms. The van der Waals surface area contributed by atoms with Gasteiger partial charge < -0.3 is 10.3 Å². The summed E-state index contributed by atoms with van der Waals surface area (Å²) in [4.78, 5) is 15.1. The number of amides is 1. The lowest BCUT2D eigenvalue weighted by atomic mass is 10.2. The van der Waals surface area contributed by atoms with Crippen LogP contribution in [0.3, 0.4) is 0 Å². The molecule has 1 heterocycles. The molecule has 0 aliphatic heterocycles. The lowest BCUT2D eigenvalue weighted by molar-refractivity contribution is 0.102. The molecular formula is C16H12F2N2O. The molecule has 1 aromatic heterocycles. The molecule has 0 saturated carbocycles. The van der Waals surface area contributed by atoms with E-state index in [0.717, 1.165) is 28.6 Å². The van der Waals surface area contributed by atoms with Crippen molar-refractivity contribution in [3.8, 4) is 0 Å². The van der Waals surface area contributed by atoms with E-state index in [1.165, 1.54) is 6.07 Å². The average molecular weight is 286 g/mol. The molecule has 106 valence electrons. The lowest BCUT2D eigenvalue weighted by Crippen LogP contribution is -2.12. The fourth-order valence-corrected chi connectivity index (χ4v) is 2.14. The van der Waals surface area contributed by atoms with Gasteiger partial charge in [-0.15, -0.1) is 0 Å². The zero-order chi connectivity index (χ0) is 15.0.